The average molecular weight is 202 g/mol. The van der Waals surface area contributed by atoms with E-state index in [1.54, 1.807) is 6.92 Å². The van der Waals surface area contributed by atoms with Gasteiger partial charge in [0.15, 0.2) is 0 Å². The molecule has 0 aliphatic rings. The number of rotatable bonds is 8. The van der Waals surface area contributed by atoms with Gasteiger partial charge in [0.1, 0.15) is 0 Å². The molecule has 1 N–H and O–H groups in total. The van der Waals surface area contributed by atoms with Crippen LogP contribution in [-0.4, -0.2) is 23.9 Å². The Balaban J connectivity index is 3.66. The van der Waals surface area contributed by atoms with Crippen LogP contribution in [0, 0.1) is 5.92 Å². The number of unbranched alkanes of at least 4 members (excludes halogenated alkanes) is 2. The van der Waals surface area contributed by atoms with Crippen LogP contribution in [0.15, 0.2) is 0 Å². The van der Waals surface area contributed by atoms with E-state index in [9.17, 15) is 0 Å². The lowest BCUT2D eigenvalue weighted by Crippen LogP contribution is -2.24. The molecule has 0 amide bonds. The van der Waals surface area contributed by atoms with Crippen LogP contribution in [-0.2, 0) is 4.74 Å². The minimum absolute atomic E-state index is 0.316. The number of aliphatic hydroxyl groups is 1. The summed E-state index contributed by atoms with van der Waals surface area (Å²) in [4.78, 5) is 0. The maximum absolute atomic E-state index is 9.13. The molecule has 0 bridgehead atoms. The Bertz CT molecular complexity index is 121. The molecule has 0 fully saturated rings. The van der Waals surface area contributed by atoms with Crippen molar-refractivity contribution in [1.82, 2.24) is 0 Å². The van der Waals surface area contributed by atoms with Gasteiger partial charge < -0.3 is 9.84 Å². The van der Waals surface area contributed by atoms with E-state index < -0.39 is 0 Å². The van der Waals surface area contributed by atoms with Gasteiger partial charge in [0.25, 0.3) is 0 Å². The van der Waals surface area contributed by atoms with Crippen LogP contribution in [0.3, 0.4) is 0 Å². The second kappa shape index (κ2) is 8.25. The molecule has 0 aromatic rings. The summed E-state index contributed by atoms with van der Waals surface area (Å²) in [6.45, 7) is 8.80. The third kappa shape index (κ3) is 7.34. The minimum Gasteiger partial charge on any atom is -0.391 e. The molecule has 0 aliphatic carbocycles. The zero-order valence-electron chi connectivity index (χ0n) is 10.1. The van der Waals surface area contributed by atoms with Gasteiger partial charge in [0.05, 0.1) is 18.8 Å². The molecule has 2 unspecified atom stereocenters. The molecule has 86 valence electrons. The Kier molecular flexibility index (Phi) is 8.20. The van der Waals surface area contributed by atoms with Gasteiger partial charge in [0, 0.05) is 0 Å². The lowest BCUT2D eigenvalue weighted by molar-refractivity contribution is -0.0275. The Morgan fingerprint density at radius 1 is 1.14 bits per heavy atom. The first-order valence-corrected chi connectivity index (χ1v) is 5.87. The van der Waals surface area contributed by atoms with Gasteiger partial charge in [-0.25, -0.2) is 0 Å². The van der Waals surface area contributed by atoms with Crippen LogP contribution in [0.25, 0.3) is 0 Å². The fourth-order valence-corrected chi connectivity index (χ4v) is 1.47. The summed E-state index contributed by atoms with van der Waals surface area (Å²) in [7, 11) is 0. The third-order valence-electron chi connectivity index (χ3n) is 2.39. The molecule has 14 heavy (non-hydrogen) atoms. The zero-order valence-corrected chi connectivity index (χ0v) is 10.1. The quantitative estimate of drug-likeness (QED) is 0.613. The van der Waals surface area contributed by atoms with Gasteiger partial charge in [-0.1, -0.05) is 40.0 Å². The first kappa shape index (κ1) is 13.9. The average Bonchev–Trinajstić information content (AvgIpc) is 2.10. The molecule has 0 radical (unpaired) electrons. The van der Waals surface area contributed by atoms with Crippen molar-refractivity contribution in [3.8, 4) is 0 Å². The molecule has 0 rings (SSSR count). The molecule has 0 aromatic heterocycles. The standard InChI is InChI=1S/C12H26O2/c1-5-6-7-8-12(10(2)3)14-9-11(4)13/h10-13H,5-9H2,1-4H3. The van der Waals surface area contributed by atoms with Crippen LogP contribution in [0.2, 0.25) is 0 Å². The SMILES string of the molecule is CCCCCC(OCC(C)O)C(C)C. The van der Waals surface area contributed by atoms with Gasteiger partial charge in [0.2, 0.25) is 0 Å². The summed E-state index contributed by atoms with van der Waals surface area (Å²) in [6, 6.07) is 0. The van der Waals surface area contributed by atoms with E-state index >= 15 is 0 Å². The molecule has 0 aliphatic heterocycles. The molecular weight excluding hydrogens is 176 g/mol. The number of hydrogen-bond acceptors (Lipinski definition) is 2. The maximum atomic E-state index is 9.13. The van der Waals surface area contributed by atoms with Crippen LogP contribution in [0.4, 0.5) is 0 Å². The van der Waals surface area contributed by atoms with E-state index in [0.29, 0.717) is 18.6 Å². The van der Waals surface area contributed by atoms with E-state index in [0.717, 1.165) is 6.42 Å². The second-order valence-corrected chi connectivity index (χ2v) is 4.46. The Morgan fingerprint density at radius 3 is 2.21 bits per heavy atom. The molecule has 0 heterocycles. The molecule has 2 nitrogen and oxygen atoms in total. The smallest absolute Gasteiger partial charge is 0.0745 e. The Morgan fingerprint density at radius 2 is 1.79 bits per heavy atom. The highest BCUT2D eigenvalue weighted by Gasteiger charge is 2.13. The molecule has 0 saturated carbocycles. The van der Waals surface area contributed by atoms with Gasteiger partial charge in [-0.2, -0.15) is 0 Å². The predicted octanol–water partition coefficient (Wildman–Crippen LogP) is 2.99. The monoisotopic (exact) mass is 202 g/mol. The summed E-state index contributed by atoms with van der Waals surface area (Å²) in [5, 5.41) is 9.13. The van der Waals surface area contributed by atoms with E-state index in [1.165, 1.54) is 19.3 Å². The van der Waals surface area contributed by atoms with E-state index in [4.69, 9.17) is 9.84 Å². The number of aliphatic hydroxyl groups excluding tert-OH is 1. The van der Waals surface area contributed by atoms with E-state index in [2.05, 4.69) is 20.8 Å². The van der Waals surface area contributed by atoms with Crippen molar-refractivity contribution in [3.63, 3.8) is 0 Å². The second-order valence-electron chi connectivity index (χ2n) is 4.46. The van der Waals surface area contributed by atoms with Crippen LogP contribution in [0.5, 0.6) is 0 Å². The molecule has 2 atom stereocenters. The maximum Gasteiger partial charge on any atom is 0.0745 e. The highest BCUT2D eigenvalue weighted by molar-refractivity contribution is 4.63. The largest absolute Gasteiger partial charge is 0.391 e. The van der Waals surface area contributed by atoms with Crippen LogP contribution in [0.1, 0.15) is 53.4 Å². The number of ether oxygens (including phenoxy) is 1. The van der Waals surface area contributed by atoms with Gasteiger partial charge in [-0.15, -0.1) is 0 Å². The van der Waals surface area contributed by atoms with Crippen molar-refractivity contribution in [1.29, 1.82) is 0 Å². The molecule has 2 heteroatoms. The van der Waals surface area contributed by atoms with Gasteiger partial charge in [-0.05, 0) is 19.3 Å². The Labute approximate surface area is 88.7 Å². The van der Waals surface area contributed by atoms with E-state index in [1.807, 2.05) is 0 Å². The summed E-state index contributed by atoms with van der Waals surface area (Å²) in [5.74, 6) is 0.547. The summed E-state index contributed by atoms with van der Waals surface area (Å²) < 4.78 is 5.66. The van der Waals surface area contributed by atoms with Crippen molar-refractivity contribution in [2.24, 2.45) is 5.92 Å². The van der Waals surface area contributed by atoms with Crippen molar-refractivity contribution in [2.45, 2.75) is 65.6 Å². The highest BCUT2D eigenvalue weighted by Crippen LogP contribution is 2.15. The van der Waals surface area contributed by atoms with Crippen molar-refractivity contribution >= 4 is 0 Å². The fraction of sp³-hybridized carbons (Fsp3) is 1.00. The molecular formula is C12H26O2. The fourth-order valence-electron chi connectivity index (χ4n) is 1.47. The Hall–Kier alpha value is -0.0800. The first-order chi connectivity index (χ1) is 6.57. The van der Waals surface area contributed by atoms with Crippen molar-refractivity contribution < 1.29 is 9.84 Å². The topological polar surface area (TPSA) is 29.5 Å². The highest BCUT2D eigenvalue weighted by atomic mass is 16.5. The van der Waals surface area contributed by atoms with Crippen LogP contribution < -0.4 is 0 Å². The van der Waals surface area contributed by atoms with Gasteiger partial charge in [-0.3, -0.25) is 0 Å². The molecule has 0 spiro atoms. The minimum atomic E-state index is -0.345. The van der Waals surface area contributed by atoms with Crippen LogP contribution >= 0.6 is 0 Å². The third-order valence-corrected chi connectivity index (χ3v) is 2.39. The summed E-state index contributed by atoms with van der Waals surface area (Å²) in [6.07, 6.45) is 4.86. The van der Waals surface area contributed by atoms with Crippen molar-refractivity contribution in [3.05, 3.63) is 0 Å². The lowest BCUT2D eigenvalue weighted by Gasteiger charge is -2.22. The number of hydrogen-bond donors (Lipinski definition) is 1. The lowest BCUT2D eigenvalue weighted by atomic mass is 10.0. The normalized spacial score (nSPS) is 15.9. The molecule has 0 saturated heterocycles. The first-order valence-electron chi connectivity index (χ1n) is 5.87. The van der Waals surface area contributed by atoms with Crippen molar-refractivity contribution in [2.75, 3.05) is 6.61 Å². The predicted molar refractivity (Wildman–Crippen MR) is 60.4 cm³/mol. The summed E-state index contributed by atoms with van der Waals surface area (Å²) in [5.41, 5.74) is 0. The van der Waals surface area contributed by atoms with E-state index in [-0.39, 0.29) is 6.10 Å². The van der Waals surface area contributed by atoms with Gasteiger partial charge >= 0.3 is 0 Å². The summed E-state index contributed by atoms with van der Waals surface area (Å²) >= 11 is 0. The molecule has 0 aromatic carbocycles. The zero-order chi connectivity index (χ0) is 11.0.